The second-order valence-electron chi connectivity index (χ2n) is 3.12. The Morgan fingerprint density at radius 3 is 2.25 bits per heavy atom. The zero-order chi connectivity index (χ0) is 12.7. The Morgan fingerprint density at radius 2 is 1.88 bits per heavy atom. The van der Waals surface area contributed by atoms with Gasteiger partial charge in [0.2, 0.25) is 5.91 Å². The molecule has 0 fully saturated rings. The Kier molecular flexibility index (Phi) is 7.26. The van der Waals surface area contributed by atoms with Crippen LogP contribution in [0.3, 0.4) is 0 Å². The van der Waals surface area contributed by atoms with Gasteiger partial charge in [-0.05, 0) is 0 Å². The molecule has 0 radical (unpaired) electrons. The van der Waals surface area contributed by atoms with Gasteiger partial charge >= 0.3 is 0 Å². The van der Waals surface area contributed by atoms with E-state index in [0.29, 0.717) is 0 Å². The summed E-state index contributed by atoms with van der Waals surface area (Å²) >= 11 is 3.65. The van der Waals surface area contributed by atoms with Crippen LogP contribution in [-0.4, -0.2) is 69.3 Å². The highest BCUT2D eigenvalue weighted by Crippen LogP contribution is 2.03. The summed E-state index contributed by atoms with van der Waals surface area (Å²) in [4.78, 5) is 21.5. The summed E-state index contributed by atoms with van der Waals surface area (Å²) in [5.41, 5.74) is 0. The molecule has 0 aromatic rings. The van der Waals surface area contributed by atoms with E-state index in [4.69, 9.17) is 10.2 Å². The number of hydrogen-bond donors (Lipinski definition) is 6. The van der Waals surface area contributed by atoms with Crippen molar-refractivity contribution in [2.45, 2.75) is 24.4 Å². The van der Waals surface area contributed by atoms with E-state index in [1.54, 1.807) is 0 Å². The molecule has 0 saturated carbocycles. The fourth-order valence-electron chi connectivity index (χ4n) is 0.979. The molecule has 7 nitrogen and oxygen atoms in total. The number of hydrogen-bond acceptors (Lipinski definition) is 7. The molecule has 5 N–H and O–H groups in total. The molecule has 0 rings (SSSR count). The van der Waals surface area contributed by atoms with Crippen LogP contribution in [0.15, 0.2) is 0 Å². The highest BCUT2D eigenvalue weighted by molar-refractivity contribution is 7.81. The summed E-state index contributed by atoms with van der Waals surface area (Å²) in [6.07, 6.45) is -4.81. The first kappa shape index (κ1) is 15.3. The van der Waals surface area contributed by atoms with E-state index in [1.807, 2.05) is 0 Å². The number of rotatable bonds is 7. The molecule has 4 atom stereocenters. The van der Waals surface area contributed by atoms with Crippen LogP contribution >= 0.6 is 12.6 Å². The first-order chi connectivity index (χ1) is 7.47. The van der Waals surface area contributed by atoms with Crippen molar-refractivity contribution < 1.29 is 30.0 Å². The highest BCUT2D eigenvalue weighted by Gasteiger charge is 2.31. The maximum atomic E-state index is 10.9. The molecule has 0 heterocycles. The quantitative estimate of drug-likeness (QED) is 0.208. The van der Waals surface area contributed by atoms with Crippen LogP contribution in [0.2, 0.25) is 0 Å². The topological polar surface area (TPSA) is 127 Å². The monoisotopic (exact) mass is 253 g/mol. The summed E-state index contributed by atoms with van der Waals surface area (Å²) in [6, 6.07) is -1.36. The van der Waals surface area contributed by atoms with E-state index in [1.165, 1.54) is 0 Å². The second kappa shape index (κ2) is 7.58. The molecule has 0 aliphatic carbocycles. The number of aliphatic hydroxyl groups is 4. The number of carbonyl (C=O) groups is 2. The van der Waals surface area contributed by atoms with Crippen LogP contribution in [0.25, 0.3) is 0 Å². The molecule has 1 amide bonds. The Labute approximate surface area is 97.5 Å². The Morgan fingerprint density at radius 1 is 1.31 bits per heavy atom. The molecule has 0 aliphatic heterocycles. The fourth-order valence-corrected chi connectivity index (χ4v) is 1.07. The SMILES string of the molecule is O=CC(NC(=O)CS)C(O)C(O)C(O)CO. The second-order valence-corrected chi connectivity index (χ2v) is 3.43. The number of carbonyl (C=O) groups excluding carboxylic acids is 2. The minimum absolute atomic E-state index is 0.185. The van der Waals surface area contributed by atoms with Gasteiger partial charge in [0.1, 0.15) is 30.6 Å². The molecule has 0 bridgehead atoms. The minimum Gasteiger partial charge on any atom is -0.394 e. The lowest BCUT2D eigenvalue weighted by atomic mass is 10.0. The molecule has 0 aromatic heterocycles. The molecule has 0 aliphatic rings. The number of aldehydes is 1. The van der Waals surface area contributed by atoms with Gasteiger partial charge in [0, 0.05) is 0 Å². The summed E-state index contributed by atoms with van der Waals surface area (Å²) in [6.45, 7) is -0.773. The molecular formula is C8H15NO6S. The average Bonchev–Trinajstić information content (AvgIpc) is 2.32. The van der Waals surface area contributed by atoms with Gasteiger partial charge < -0.3 is 30.5 Å². The lowest BCUT2D eigenvalue weighted by Crippen LogP contribution is -2.53. The van der Waals surface area contributed by atoms with Gasteiger partial charge in [-0.3, -0.25) is 4.79 Å². The lowest BCUT2D eigenvalue weighted by Gasteiger charge is -2.26. The van der Waals surface area contributed by atoms with Gasteiger partial charge in [-0.25, -0.2) is 0 Å². The molecule has 0 spiro atoms. The van der Waals surface area contributed by atoms with Crippen molar-refractivity contribution in [3.63, 3.8) is 0 Å². The Balaban J connectivity index is 4.45. The Bertz CT molecular complexity index is 239. The lowest BCUT2D eigenvalue weighted by molar-refractivity contribution is -0.129. The minimum atomic E-state index is -1.74. The third kappa shape index (κ3) is 4.45. The zero-order valence-electron chi connectivity index (χ0n) is 8.35. The highest BCUT2D eigenvalue weighted by atomic mass is 32.1. The van der Waals surface area contributed by atoms with Crippen molar-refractivity contribution in [2.75, 3.05) is 12.4 Å². The zero-order valence-corrected chi connectivity index (χ0v) is 9.25. The predicted octanol–water partition coefficient (Wildman–Crippen LogP) is -3.33. The molecule has 94 valence electrons. The number of amides is 1. The summed E-state index contributed by atoms with van der Waals surface area (Å²) in [5, 5.41) is 38.4. The maximum absolute atomic E-state index is 10.9. The molecule has 0 saturated heterocycles. The Hall–Kier alpha value is -0.670. The molecular weight excluding hydrogens is 238 g/mol. The van der Waals surface area contributed by atoms with Crippen molar-refractivity contribution in [2.24, 2.45) is 0 Å². The maximum Gasteiger partial charge on any atom is 0.230 e. The van der Waals surface area contributed by atoms with Gasteiger partial charge in [0.15, 0.2) is 0 Å². The smallest absolute Gasteiger partial charge is 0.230 e. The first-order valence-electron chi connectivity index (χ1n) is 4.48. The van der Waals surface area contributed by atoms with Gasteiger partial charge in [-0.1, -0.05) is 0 Å². The summed E-state index contributed by atoms with van der Waals surface area (Å²) in [5.74, 6) is -0.791. The third-order valence-corrected chi connectivity index (χ3v) is 2.20. The molecule has 4 unspecified atom stereocenters. The van der Waals surface area contributed by atoms with E-state index < -0.39 is 36.9 Å². The van der Waals surface area contributed by atoms with Gasteiger partial charge in [-0.15, -0.1) is 0 Å². The van der Waals surface area contributed by atoms with Crippen LogP contribution in [-0.2, 0) is 9.59 Å². The van der Waals surface area contributed by atoms with Crippen LogP contribution in [0.1, 0.15) is 0 Å². The number of aliphatic hydroxyl groups excluding tert-OH is 4. The van der Waals surface area contributed by atoms with Gasteiger partial charge in [0.25, 0.3) is 0 Å². The van der Waals surface area contributed by atoms with Crippen molar-refractivity contribution in [1.29, 1.82) is 0 Å². The van der Waals surface area contributed by atoms with E-state index in [2.05, 4.69) is 17.9 Å². The molecule has 16 heavy (non-hydrogen) atoms. The van der Waals surface area contributed by atoms with Crippen molar-refractivity contribution in [3.8, 4) is 0 Å². The van der Waals surface area contributed by atoms with Crippen molar-refractivity contribution in [3.05, 3.63) is 0 Å². The summed E-state index contributed by atoms with van der Waals surface area (Å²) < 4.78 is 0. The van der Waals surface area contributed by atoms with Crippen LogP contribution in [0.5, 0.6) is 0 Å². The standard InChI is InChI=1S/C8H15NO6S/c10-1-4(9-6(13)3-16)7(14)8(15)5(12)2-11/h1,4-5,7-8,11-12,14-16H,2-3H2,(H,9,13). The van der Waals surface area contributed by atoms with E-state index >= 15 is 0 Å². The summed E-state index contributed by atoms with van der Waals surface area (Å²) in [7, 11) is 0. The van der Waals surface area contributed by atoms with Crippen molar-refractivity contribution >= 4 is 24.8 Å². The number of thiol groups is 1. The van der Waals surface area contributed by atoms with Gasteiger partial charge in [0.05, 0.1) is 12.4 Å². The average molecular weight is 253 g/mol. The molecule has 8 heteroatoms. The first-order valence-corrected chi connectivity index (χ1v) is 5.11. The largest absolute Gasteiger partial charge is 0.394 e. The van der Waals surface area contributed by atoms with E-state index in [0.717, 1.165) is 0 Å². The predicted molar refractivity (Wildman–Crippen MR) is 57.0 cm³/mol. The normalized spacial score (nSPS) is 18.3. The third-order valence-electron chi connectivity index (χ3n) is 1.92. The molecule has 0 aromatic carbocycles. The van der Waals surface area contributed by atoms with Crippen LogP contribution in [0.4, 0.5) is 0 Å². The van der Waals surface area contributed by atoms with Crippen LogP contribution < -0.4 is 5.32 Å². The van der Waals surface area contributed by atoms with E-state index in [9.17, 15) is 19.8 Å². The van der Waals surface area contributed by atoms with Crippen molar-refractivity contribution in [1.82, 2.24) is 5.32 Å². The van der Waals surface area contributed by atoms with Gasteiger partial charge in [-0.2, -0.15) is 12.6 Å². The van der Waals surface area contributed by atoms with E-state index in [-0.39, 0.29) is 12.0 Å². The fraction of sp³-hybridized carbons (Fsp3) is 0.750. The van der Waals surface area contributed by atoms with Crippen LogP contribution in [0, 0.1) is 0 Å². The number of nitrogens with one attached hydrogen (secondary N) is 1.